The van der Waals surface area contributed by atoms with Gasteiger partial charge < -0.3 is 28.7 Å². The molecule has 0 spiro atoms. The molecular weight excluding hydrogens is 604 g/mol. The maximum Gasteiger partial charge on any atom is 0.468 e. The van der Waals surface area contributed by atoms with Gasteiger partial charge in [-0.1, -0.05) is 94.5 Å². The van der Waals surface area contributed by atoms with Crippen LogP contribution >= 0.6 is 34.8 Å². The Morgan fingerprint density at radius 2 is 1.64 bits per heavy atom. The van der Waals surface area contributed by atoms with Gasteiger partial charge in [0, 0.05) is 10.1 Å². The SMILES string of the molecule is CC(C)(C)[Si]1(C(C)(C)C)OC[C@H]2O[C@H](OC(=Nc3ccccc3)C(F)(F)F)[C@H](NC(=O)C(Cl)(Cl)Cl)[C@@H](O)[C@@H]2O1. The van der Waals surface area contributed by atoms with E-state index in [9.17, 15) is 23.1 Å². The van der Waals surface area contributed by atoms with Crippen molar-refractivity contribution in [2.24, 2.45) is 4.99 Å². The molecule has 0 bridgehead atoms. The van der Waals surface area contributed by atoms with Gasteiger partial charge in [-0.3, -0.25) is 4.79 Å². The molecule has 8 nitrogen and oxygen atoms in total. The van der Waals surface area contributed by atoms with Gasteiger partial charge in [-0.15, -0.1) is 0 Å². The van der Waals surface area contributed by atoms with Crippen LogP contribution < -0.4 is 5.32 Å². The summed E-state index contributed by atoms with van der Waals surface area (Å²) < 4.78 is 63.3. The summed E-state index contributed by atoms with van der Waals surface area (Å²) in [7, 11) is -3.15. The standard InChI is InChI=1S/C24H32Cl3F3N2O6Si/c1-21(2,3)39(22(4,5)6)35-12-14-17(38-39)16(33)15(32-19(34)23(25,26)27)18(36-14)37-20(24(28,29)30)31-13-10-8-7-9-11-13/h7-11,14-18,33H,12H2,1-6H3,(H,32,34)/t14-,15-,16-,17-,18-/m1/s1. The third kappa shape index (κ3) is 7.03. The number of carbonyl (C=O) groups excluding carboxylic acids is 1. The molecule has 1 aromatic carbocycles. The summed E-state index contributed by atoms with van der Waals surface area (Å²) in [5, 5.41) is 12.7. The number of benzene rings is 1. The summed E-state index contributed by atoms with van der Waals surface area (Å²) in [4.78, 5) is 16.1. The number of hydrogen-bond donors (Lipinski definition) is 2. The molecule has 2 fully saturated rings. The molecule has 2 saturated heterocycles. The van der Waals surface area contributed by atoms with Crippen LogP contribution in [0.1, 0.15) is 41.5 Å². The maximum absolute atomic E-state index is 14.0. The maximum atomic E-state index is 14.0. The van der Waals surface area contributed by atoms with Gasteiger partial charge in [0.2, 0.25) is 6.29 Å². The van der Waals surface area contributed by atoms with Crippen molar-refractivity contribution in [3.8, 4) is 0 Å². The lowest BCUT2D eigenvalue weighted by molar-refractivity contribution is -0.265. The topological polar surface area (TPSA) is 98.6 Å². The Bertz CT molecular complexity index is 1050. The Balaban J connectivity index is 2.01. The van der Waals surface area contributed by atoms with E-state index in [1.165, 1.54) is 24.3 Å². The van der Waals surface area contributed by atoms with E-state index in [0.29, 0.717) is 0 Å². The van der Waals surface area contributed by atoms with E-state index in [-0.39, 0.29) is 12.3 Å². The fraction of sp³-hybridized carbons (Fsp3) is 0.667. The van der Waals surface area contributed by atoms with Gasteiger partial charge in [0.05, 0.1) is 12.3 Å². The van der Waals surface area contributed by atoms with Crippen LogP contribution in [0.4, 0.5) is 18.9 Å². The molecule has 220 valence electrons. The van der Waals surface area contributed by atoms with Crippen molar-refractivity contribution in [1.29, 1.82) is 0 Å². The van der Waals surface area contributed by atoms with E-state index >= 15 is 0 Å². The number of halogens is 6. The van der Waals surface area contributed by atoms with Gasteiger partial charge in [-0.05, 0) is 12.1 Å². The Morgan fingerprint density at radius 3 is 2.13 bits per heavy atom. The first kappa shape index (κ1) is 32.4. The van der Waals surface area contributed by atoms with Crippen LogP contribution in [0.3, 0.4) is 0 Å². The molecule has 2 N–H and O–H groups in total. The van der Waals surface area contributed by atoms with Crippen molar-refractivity contribution in [3.05, 3.63) is 30.3 Å². The van der Waals surface area contributed by atoms with Gasteiger partial charge in [0.25, 0.3) is 15.6 Å². The first-order chi connectivity index (χ1) is 17.7. The minimum Gasteiger partial charge on any atom is -0.442 e. The van der Waals surface area contributed by atoms with E-state index in [1.54, 1.807) is 6.07 Å². The van der Waals surface area contributed by atoms with Gasteiger partial charge >= 0.3 is 14.7 Å². The summed E-state index contributed by atoms with van der Waals surface area (Å²) >= 11 is 17.1. The number of rotatable bonds is 3. The molecule has 2 heterocycles. The third-order valence-electron chi connectivity index (χ3n) is 6.41. The number of alkyl halides is 6. The number of aliphatic hydroxyl groups is 1. The molecule has 3 rings (SSSR count). The van der Waals surface area contributed by atoms with Crippen LogP contribution in [0.15, 0.2) is 35.3 Å². The molecule has 0 saturated carbocycles. The zero-order valence-corrected chi connectivity index (χ0v) is 25.5. The summed E-state index contributed by atoms with van der Waals surface area (Å²) in [6.07, 6.45) is -10.7. The zero-order chi connectivity index (χ0) is 29.6. The first-order valence-electron chi connectivity index (χ1n) is 12.1. The van der Waals surface area contributed by atoms with Crippen LogP contribution in [0, 0.1) is 0 Å². The van der Waals surface area contributed by atoms with Crippen molar-refractivity contribution in [2.45, 2.75) is 92.2 Å². The molecule has 2 aliphatic heterocycles. The minimum atomic E-state index is -5.05. The molecule has 15 heteroatoms. The number of nitrogens with one attached hydrogen (secondary N) is 1. The van der Waals surface area contributed by atoms with Crippen LogP contribution in [0.5, 0.6) is 0 Å². The Hall–Kier alpha value is -1.12. The van der Waals surface area contributed by atoms with Crippen molar-refractivity contribution in [1.82, 2.24) is 5.32 Å². The van der Waals surface area contributed by atoms with E-state index in [0.717, 1.165) is 0 Å². The number of amides is 1. The second kappa shape index (κ2) is 11.3. The largest absolute Gasteiger partial charge is 0.468 e. The minimum absolute atomic E-state index is 0.0450. The second-order valence-electron chi connectivity index (χ2n) is 11.4. The lowest BCUT2D eigenvalue weighted by Crippen LogP contribution is -2.73. The molecule has 2 aliphatic rings. The number of carbonyl (C=O) groups is 1. The highest BCUT2D eigenvalue weighted by molar-refractivity contribution is 6.76. The molecule has 1 amide bonds. The van der Waals surface area contributed by atoms with E-state index in [4.69, 9.17) is 53.1 Å². The zero-order valence-electron chi connectivity index (χ0n) is 22.2. The number of aliphatic hydroxyl groups excluding tert-OH is 1. The second-order valence-corrected chi connectivity index (χ2v) is 18.4. The average Bonchev–Trinajstić information content (AvgIpc) is 2.78. The van der Waals surface area contributed by atoms with Crippen molar-refractivity contribution in [3.63, 3.8) is 0 Å². The Morgan fingerprint density at radius 1 is 1.08 bits per heavy atom. The molecule has 1 aromatic rings. The number of hydrogen-bond acceptors (Lipinski definition) is 7. The number of nitrogens with zero attached hydrogens (tertiary/aromatic N) is 1. The Kier molecular flexibility index (Phi) is 9.37. The normalized spacial score (nSPS) is 28.4. The predicted molar refractivity (Wildman–Crippen MR) is 144 cm³/mol. The van der Waals surface area contributed by atoms with Crippen LogP contribution in [-0.2, 0) is 23.1 Å². The number of aliphatic imine (C=N–C) groups is 1. The monoisotopic (exact) mass is 634 g/mol. The van der Waals surface area contributed by atoms with Crippen LogP contribution in [0.25, 0.3) is 0 Å². The summed E-state index contributed by atoms with van der Waals surface area (Å²) in [6.45, 7) is 11.6. The molecule has 0 aromatic heterocycles. The summed E-state index contributed by atoms with van der Waals surface area (Å²) in [5.74, 6) is -2.87. The van der Waals surface area contributed by atoms with Gasteiger partial charge in [-0.25, -0.2) is 4.99 Å². The number of para-hydroxylation sites is 1. The highest BCUT2D eigenvalue weighted by atomic mass is 35.6. The van der Waals surface area contributed by atoms with Crippen LogP contribution in [-0.4, -0.2) is 72.7 Å². The van der Waals surface area contributed by atoms with Crippen LogP contribution in [0.2, 0.25) is 10.1 Å². The van der Waals surface area contributed by atoms with Crippen molar-refractivity contribution >= 4 is 60.9 Å². The lowest BCUT2D eigenvalue weighted by atomic mass is 9.97. The van der Waals surface area contributed by atoms with E-state index in [2.05, 4.69) is 10.3 Å². The average molecular weight is 636 g/mol. The quantitative estimate of drug-likeness (QED) is 0.192. The van der Waals surface area contributed by atoms with E-state index in [1.807, 2.05) is 41.5 Å². The predicted octanol–water partition coefficient (Wildman–Crippen LogP) is 5.69. The molecule has 0 radical (unpaired) electrons. The molecule has 39 heavy (non-hydrogen) atoms. The number of fused-ring (bicyclic) bond motifs is 1. The Labute approximate surface area is 241 Å². The highest BCUT2D eigenvalue weighted by Gasteiger charge is 2.65. The summed E-state index contributed by atoms with van der Waals surface area (Å²) in [6, 6.07) is 5.66. The molecule has 0 aliphatic carbocycles. The fourth-order valence-electron chi connectivity index (χ4n) is 4.91. The van der Waals surface area contributed by atoms with Gasteiger partial charge in [0.1, 0.15) is 24.4 Å². The van der Waals surface area contributed by atoms with E-state index < -0.39 is 71.1 Å². The van der Waals surface area contributed by atoms with Crippen molar-refractivity contribution in [2.75, 3.05) is 6.61 Å². The lowest BCUT2D eigenvalue weighted by Gasteiger charge is -2.57. The van der Waals surface area contributed by atoms with Gasteiger partial charge in [0.15, 0.2) is 0 Å². The molecule has 0 unspecified atom stereocenters. The smallest absolute Gasteiger partial charge is 0.442 e. The number of ether oxygens (including phenoxy) is 2. The third-order valence-corrected chi connectivity index (χ3v) is 12.1. The summed E-state index contributed by atoms with van der Waals surface area (Å²) in [5.41, 5.74) is -0.0450. The highest BCUT2D eigenvalue weighted by Crippen LogP contribution is 2.55. The first-order valence-corrected chi connectivity index (χ1v) is 15.0. The molecule has 5 atom stereocenters. The van der Waals surface area contributed by atoms with Gasteiger partial charge in [-0.2, -0.15) is 13.2 Å². The molecular formula is C24H32Cl3F3N2O6Si. The van der Waals surface area contributed by atoms with Crippen molar-refractivity contribution < 1.29 is 41.4 Å². The fourth-order valence-corrected chi connectivity index (χ4v) is 10.0.